The quantitative estimate of drug-likeness (QED) is 0.475. The average molecular weight is 491 g/mol. The summed E-state index contributed by atoms with van der Waals surface area (Å²) in [5.74, 6) is -3.48. The van der Waals surface area contributed by atoms with Crippen molar-refractivity contribution in [1.29, 1.82) is 0 Å². The van der Waals surface area contributed by atoms with E-state index in [-0.39, 0.29) is 16.9 Å². The van der Waals surface area contributed by atoms with E-state index in [4.69, 9.17) is 21.5 Å². The van der Waals surface area contributed by atoms with Gasteiger partial charge in [-0.25, -0.2) is 22.6 Å². The van der Waals surface area contributed by atoms with E-state index >= 15 is 0 Å². The number of rotatable bonds is 5. The lowest BCUT2D eigenvalue weighted by Gasteiger charge is -2.16. The van der Waals surface area contributed by atoms with Crippen molar-refractivity contribution < 1.29 is 35.9 Å². The summed E-state index contributed by atoms with van der Waals surface area (Å²) in [6, 6.07) is 2.36. The van der Waals surface area contributed by atoms with E-state index in [0.717, 1.165) is 31.6 Å². The molecule has 1 aromatic carbocycles. The van der Waals surface area contributed by atoms with E-state index in [1.165, 1.54) is 22.2 Å². The molecule has 1 fully saturated rings. The number of sulfonamides is 1. The molecule has 1 unspecified atom stereocenters. The first-order valence-electron chi connectivity index (χ1n) is 8.07. The van der Waals surface area contributed by atoms with Gasteiger partial charge in [0.2, 0.25) is 0 Å². The lowest BCUT2D eigenvalue weighted by molar-refractivity contribution is -0.192. The van der Waals surface area contributed by atoms with Crippen LogP contribution in [0.1, 0.15) is 6.42 Å². The number of nitrogens with one attached hydrogen (secondary N) is 3. The Labute approximate surface area is 177 Å². The van der Waals surface area contributed by atoms with Crippen LogP contribution in [0.25, 0.3) is 0 Å². The molecule has 1 saturated heterocycles. The molecule has 0 aliphatic carbocycles. The maximum absolute atomic E-state index is 14.3. The van der Waals surface area contributed by atoms with E-state index in [0.29, 0.717) is 5.69 Å². The average Bonchev–Trinajstić information content (AvgIpc) is 3.31. The molecule has 8 nitrogen and oxygen atoms in total. The van der Waals surface area contributed by atoms with Crippen molar-refractivity contribution in [2.75, 3.05) is 23.1 Å². The van der Waals surface area contributed by atoms with Crippen LogP contribution in [0.3, 0.4) is 0 Å². The number of thiazole rings is 1. The number of anilines is 2. The fourth-order valence-corrected chi connectivity index (χ4v) is 4.23. The number of nitrogens with zero attached hydrogens (tertiary/aromatic N) is 1. The van der Waals surface area contributed by atoms with Crippen LogP contribution < -0.4 is 15.4 Å². The number of benzene rings is 1. The number of aromatic nitrogens is 1. The normalized spacial score (nSPS) is 16.5. The van der Waals surface area contributed by atoms with Gasteiger partial charge < -0.3 is 15.7 Å². The summed E-state index contributed by atoms with van der Waals surface area (Å²) in [5.41, 5.74) is 1.86. The van der Waals surface area contributed by atoms with Crippen molar-refractivity contribution in [3.8, 4) is 0 Å². The Morgan fingerprint density at radius 2 is 2.03 bits per heavy atom. The van der Waals surface area contributed by atoms with Gasteiger partial charge in [0.15, 0.2) is 5.82 Å². The smallest absolute Gasteiger partial charge is 0.475 e. The van der Waals surface area contributed by atoms with Gasteiger partial charge in [0.05, 0.1) is 16.2 Å². The van der Waals surface area contributed by atoms with Gasteiger partial charge in [0.1, 0.15) is 10.7 Å². The van der Waals surface area contributed by atoms with E-state index in [1.807, 2.05) is 0 Å². The summed E-state index contributed by atoms with van der Waals surface area (Å²) < 4.78 is 72.7. The van der Waals surface area contributed by atoms with Gasteiger partial charge in [-0.05, 0) is 25.1 Å². The van der Waals surface area contributed by atoms with E-state index < -0.39 is 32.9 Å². The molecule has 0 bridgehead atoms. The van der Waals surface area contributed by atoms with Gasteiger partial charge in [-0.15, -0.1) is 11.3 Å². The summed E-state index contributed by atoms with van der Waals surface area (Å²) in [6.07, 6.45) is -4.19. The van der Waals surface area contributed by atoms with Crippen LogP contribution >= 0.6 is 22.9 Å². The molecule has 0 amide bonds. The lowest BCUT2D eigenvalue weighted by atomic mass is 10.2. The predicted molar refractivity (Wildman–Crippen MR) is 103 cm³/mol. The Morgan fingerprint density at radius 1 is 1.37 bits per heavy atom. The molecule has 0 saturated carbocycles. The van der Waals surface area contributed by atoms with Crippen molar-refractivity contribution in [2.24, 2.45) is 0 Å². The number of carboxylic acid groups (broad SMARTS) is 1. The molecule has 3 rings (SSSR count). The Balaban J connectivity index is 0.000000396. The summed E-state index contributed by atoms with van der Waals surface area (Å²) in [5, 5.41) is 15.1. The van der Waals surface area contributed by atoms with Crippen LogP contribution in [-0.2, 0) is 14.8 Å². The third-order valence-corrected chi connectivity index (χ3v) is 5.91. The molecule has 1 aliphatic rings. The largest absolute Gasteiger partial charge is 0.490 e. The Morgan fingerprint density at radius 3 is 2.53 bits per heavy atom. The monoisotopic (exact) mass is 490 g/mol. The standard InChI is InChI=1S/C13H14ClFN4O2S2.C2HF3O2/c14-9-3-12(23(20,21)19-13-6-22-7-17-13)10(15)4-11(9)18-8-1-2-16-5-8;3-2(4,5)1(6)7/h3-4,6-8,16,18-19H,1-2,5H2;(H,6,7). The first-order valence-corrected chi connectivity index (χ1v) is 10.9. The van der Waals surface area contributed by atoms with Crippen molar-refractivity contribution in [2.45, 2.75) is 23.5 Å². The van der Waals surface area contributed by atoms with Crippen LogP contribution in [-0.4, -0.2) is 49.8 Å². The van der Waals surface area contributed by atoms with Crippen molar-refractivity contribution >= 4 is 50.4 Å². The van der Waals surface area contributed by atoms with Crippen molar-refractivity contribution in [3.63, 3.8) is 0 Å². The zero-order valence-electron chi connectivity index (χ0n) is 14.8. The Bertz CT molecular complexity index is 981. The maximum atomic E-state index is 14.3. The second-order valence-electron chi connectivity index (χ2n) is 5.88. The fraction of sp³-hybridized carbons (Fsp3) is 0.333. The molecule has 30 heavy (non-hydrogen) atoms. The molecule has 15 heteroatoms. The molecule has 1 aliphatic heterocycles. The van der Waals surface area contributed by atoms with Gasteiger partial charge in [0.25, 0.3) is 10.0 Å². The third kappa shape index (κ3) is 6.68. The van der Waals surface area contributed by atoms with Gasteiger partial charge in [0, 0.05) is 18.0 Å². The Kier molecular flexibility index (Phi) is 7.85. The SMILES string of the molecule is O=C(O)C(F)(F)F.O=S(=O)(Nc1cscn1)c1cc(Cl)c(NC2CCNC2)cc1F. The minimum atomic E-state index is -5.08. The first kappa shape index (κ1) is 24.1. The summed E-state index contributed by atoms with van der Waals surface area (Å²) in [6.45, 7) is 1.63. The van der Waals surface area contributed by atoms with Crippen LogP contribution in [0.5, 0.6) is 0 Å². The number of carboxylic acids is 1. The molecule has 1 atom stereocenters. The highest BCUT2D eigenvalue weighted by Gasteiger charge is 2.38. The predicted octanol–water partition coefficient (Wildman–Crippen LogP) is 3.14. The molecule has 166 valence electrons. The Hall–Kier alpha value is -2.16. The highest BCUT2D eigenvalue weighted by Crippen LogP contribution is 2.30. The molecule has 0 spiro atoms. The number of aliphatic carboxylic acids is 1. The minimum absolute atomic E-state index is 0.141. The van der Waals surface area contributed by atoms with Gasteiger partial charge in [-0.3, -0.25) is 4.72 Å². The second kappa shape index (κ2) is 9.76. The molecule has 2 aromatic rings. The first-order chi connectivity index (χ1) is 13.9. The minimum Gasteiger partial charge on any atom is -0.475 e. The van der Waals surface area contributed by atoms with Crippen LogP contribution in [0.2, 0.25) is 5.02 Å². The molecule has 2 heterocycles. The molecule has 0 radical (unpaired) electrons. The lowest BCUT2D eigenvalue weighted by Crippen LogP contribution is -2.22. The number of halogens is 5. The number of hydrogen-bond acceptors (Lipinski definition) is 7. The molecule has 1 aromatic heterocycles. The zero-order chi connectivity index (χ0) is 22.5. The topological polar surface area (TPSA) is 120 Å². The van der Waals surface area contributed by atoms with Crippen LogP contribution in [0.15, 0.2) is 27.9 Å². The summed E-state index contributed by atoms with van der Waals surface area (Å²) >= 11 is 7.34. The molecular weight excluding hydrogens is 476 g/mol. The fourth-order valence-electron chi connectivity index (χ4n) is 2.30. The van der Waals surface area contributed by atoms with Crippen LogP contribution in [0.4, 0.5) is 29.1 Å². The number of carbonyl (C=O) groups is 1. The van der Waals surface area contributed by atoms with Crippen molar-refractivity contribution in [1.82, 2.24) is 10.3 Å². The number of hydrogen-bond donors (Lipinski definition) is 4. The highest BCUT2D eigenvalue weighted by molar-refractivity contribution is 7.92. The highest BCUT2D eigenvalue weighted by atomic mass is 35.5. The van der Waals surface area contributed by atoms with E-state index in [1.54, 1.807) is 0 Å². The molecule has 4 N–H and O–H groups in total. The maximum Gasteiger partial charge on any atom is 0.490 e. The van der Waals surface area contributed by atoms with Crippen molar-refractivity contribution in [3.05, 3.63) is 33.9 Å². The number of alkyl halides is 3. The second-order valence-corrected chi connectivity index (χ2v) is 8.66. The third-order valence-electron chi connectivity index (χ3n) is 3.64. The zero-order valence-corrected chi connectivity index (χ0v) is 17.2. The van der Waals surface area contributed by atoms with E-state index in [2.05, 4.69) is 20.3 Å². The van der Waals surface area contributed by atoms with E-state index in [9.17, 15) is 26.0 Å². The van der Waals surface area contributed by atoms with Gasteiger partial charge in [-0.2, -0.15) is 13.2 Å². The summed E-state index contributed by atoms with van der Waals surface area (Å²) in [4.78, 5) is 12.2. The molecular formula is C15H15ClF4N4O4S2. The van der Waals surface area contributed by atoms with Gasteiger partial charge in [-0.1, -0.05) is 11.6 Å². The van der Waals surface area contributed by atoms with Gasteiger partial charge >= 0.3 is 12.1 Å². The van der Waals surface area contributed by atoms with Crippen LogP contribution in [0, 0.1) is 5.82 Å². The summed E-state index contributed by atoms with van der Waals surface area (Å²) in [7, 11) is -4.09.